The lowest BCUT2D eigenvalue weighted by Gasteiger charge is -2.18. The molecule has 0 fully saturated rings. The zero-order chi connectivity index (χ0) is 19.1. The standard InChI is InChI=1S/C20H25NO4S/c1-13(2)15-8-7-14(3)10-17(15)25-12-19(22)21-16(11-20(23)24-4)18-6-5-9-26-18/h5-10,13,16H,11-12H2,1-4H3,(H,21,22). The van der Waals surface area contributed by atoms with Gasteiger partial charge in [0.2, 0.25) is 0 Å². The van der Waals surface area contributed by atoms with E-state index in [4.69, 9.17) is 9.47 Å². The van der Waals surface area contributed by atoms with Crippen LogP contribution >= 0.6 is 11.3 Å². The van der Waals surface area contributed by atoms with Gasteiger partial charge in [0.1, 0.15) is 5.75 Å². The van der Waals surface area contributed by atoms with Gasteiger partial charge in [-0.05, 0) is 41.5 Å². The molecule has 1 N–H and O–H groups in total. The Balaban J connectivity index is 2.02. The largest absolute Gasteiger partial charge is 0.483 e. The van der Waals surface area contributed by atoms with E-state index in [1.165, 1.54) is 18.4 Å². The van der Waals surface area contributed by atoms with Crippen LogP contribution in [-0.2, 0) is 14.3 Å². The number of rotatable bonds is 8. The first kappa shape index (κ1) is 20.0. The van der Waals surface area contributed by atoms with Crippen molar-refractivity contribution in [3.63, 3.8) is 0 Å². The third-order valence-electron chi connectivity index (χ3n) is 3.97. The second kappa shape index (κ2) is 9.38. The smallest absolute Gasteiger partial charge is 0.307 e. The zero-order valence-corrected chi connectivity index (χ0v) is 16.4. The highest BCUT2D eigenvalue weighted by Gasteiger charge is 2.20. The normalized spacial score (nSPS) is 11.9. The minimum atomic E-state index is -0.416. The van der Waals surface area contributed by atoms with Gasteiger partial charge in [-0.1, -0.05) is 32.0 Å². The van der Waals surface area contributed by atoms with Gasteiger partial charge in [-0.3, -0.25) is 9.59 Å². The van der Waals surface area contributed by atoms with Crippen LogP contribution in [0, 0.1) is 6.92 Å². The quantitative estimate of drug-likeness (QED) is 0.709. The minimum Gasteiger partial charge on any atom is -0.483 e. The molecule has 0 aliphatic heterocycles. The lowest BCUT2D eigenvalue weighted by Crippen LogP contribution is -2.33. The molecule has 0 aliphatic rings. The fourth-order valence-corrected chi connectivity index (χ4v) is 3.36. The van der Waals surface area contributed by atoms with E-state index >= 15 is 0 Å². The van der Waals surface area contributed by atoms with Crippen molar-refractivity contribution in [3.8, 4) is 5.75 Å². The molecule has 0 radical (unpaired) electrons. The fraction of sp³-hybridized carbons (Fsp3) is 0.400. The van der Waals surface area contributed by atoms with Crippen LogP contribution in [0.25, 0.3) is 0 Å². The molecular formula is C20H25NO4S. The molecule has 1 unspecified atom stereocenters. The first-order valence-electron chi connectivity index (χ1n) is 8.53. The van der Waals surface area contributed by atoms with Crippen molar-refractivity contribution in [2.75, 3.05) is 13.7 Å². The van der Waals surface area contributed by atoms with Crippen molar-refractivity contribution in [1.29, 1.82) is 0 Å². The molecule has 1 aromatic carbocycles. The number of esters is 1. The number of carbonyl (C=O) groups excluding carboxylic acids is 2. The van der Waals surface area contributed by atoms with Gasteiger partial charge in [0.15, 0.2) is 6.61 Å². The number of aryl methyl sites for hydroxylation is 1. The van der Waals surface area contributed by atoms with E-state index in [0.717, 1.165) is 21.8 Å². The number of ether oxygens (including phenoxy) is 2. The van der Waals surface area contributed by atoms with Crippen LogP contribution in [0.5, 0.6) is 5.75 Å². The summed E-state index contributed by atoms with van der Waals surface area (Å²) < 4.78 is 10.5. The van der Waals surface area contributed by atoms with Gasteiger partial charge >= 0.3 is 5.97 Å². The van der Waals surface area contributed by atoms with Crippen molar-refractivity contribution in [1.82, 2.24) is 5.32 Å². The van der Waals surface area contributed by atoms with Crippen molar-refractivity contribution in [2.45, 2.75) is 39.2 Å². The van der Waals surface area contributed by atoms with Crippen LogP contribution in [0.4, 0.5) is 0 Å². The highest BCUT2D eigenvalue weighted by molar-refractivity contribution is 7.10. The summed E-state index contributed by atoms with van der Waals surface area (Å²) in [7, 11) is 1.34. The molecule has 0 saturated carbocycles. The van der Waals surface area contributed by atoms with Gasteiger partial charge in [-0.15, -0.1) is 11.3 Å². The molecule has 140 valence electrons. The molecule has 5 nitrogen and oxygen atoms in total. The summed E-state index contributed by atoms with van der Waals surface area (Å²) in [4.78, 5) is 24.9. The van der Waals surface area contributed by atoms with E-state index in [1.807, 2.05) is 42.6 Å². The average molecular weight is 375 g/mol. The summed E-state index contributed by atoms with van der Waals surface area (Å²) in [5.41, 5.74) is 2.14. The molecule has 2 aromatic rings. The van der Waals surface area contributed by atoms with E-state index in [-0.39, 0.29) is 24.9 Å². The maximum atomic E-state index is 12.4. The fourth-order valence-electron chi connectivity index (χ4n) is 2.59. The van der Waals surface area contributed by atoms with E-state index in [9.17, 15) is 9.59 Å². The summed E-state index contributed by atoms with van der Waals surface area (Å²) in [5, 5.41) is 4.77. The Bertz CT molecular complexity index is 740. The van der Waals surface area contributed by atoms with Gasteiger partial charge in [-0.2, -0.15) is 0 Å². The molecule has 0 bridgehead atoms. The number of nitrogens with one attached hydrogen (secondary N) is 1. The molecular weight excluding hydrogens is 350 g/mol. The number of amides is 1. The van der Waals surface area contributed by atoms with Crippen LogP contribution in [0.15, 0.2) is 35.7 Å². The number of benzene rings is 1. The Morgan fingerprint density at radius 3 is 2.62 bits per heavy atom. The molecule has 0 saturated heterocycles. The van der Waals surface area contributed by atoms with Crippen molar-refractivity contribution in [3.05, 3.63) is 51.7 Å². The third-order valence-corrected chi connectivity index (χ3v) is 4.96. The molecule has 6 heteroatoms. The lowest BCUT2D eigenvalue weighted by molar-refractivity contribution is -0.141. The third kappa shape index (κ3) is 5.59. The summed E-state index contributed by atoms with van der Waals surface area (Å²) >= 11 is 1.48. The van der Waals surface area contributed by atoms with E-state index in [0.29, 0.717) is 5.92 Å². The minimum absolute atomic E-state index is 0.0877. The number of methoxy groups -OCH3 is 1. The number of hydrogen-bond donors (Lipinski definition) is 1. The summed E-state index contributed by atoms with van der Waals surface area (Å²) in [6.45, 7) is 6.05. The first-order chi connectivity index (χ1) is 12.4. The van der Waals surface area contributed by atoms with Crippen LogP contribution in [0.2, 0.25) is 0 Å². The first-order valence-corrected chi connectivity index (χ1v) is 9.41. The Morgan fingerprint density at radius 1 is 1.23 bits per heavy atom. The predicted octanol–water partition coefficient (Wildman–Crippen LogP) is 3.98. The Morgan fingerprint density at radius 2 is 2.00 bits per heavy atom. The second-order valence-corrected chi connectivity index (χ2v) is 7.38. The number of hydrogen-bond acceptors (Lipinski definition) is 5. The summed E-state index contributed by atoms with van der Waals surface area (Å²) in [5.74, 6) is 0.372. The topological polar surface area (TPSA) is 64.6 Å². The molecule has 2 rings (SSSR count). The van der Waals surface area contributed by atoms with Crippen LogP contribution in [0.3, 0.4) is 0 Å². The average Bonchev–Trinajstić information content (AvgIpc) is 3.13. The Kier molecular flexibility index (Phi) is 7.21. The lowest BCUT2D eigenvalue weighted by atomic mass is 10.0. The van der Waals surface area contributed by atoms with E-state index < -0.39 is 6.04 Å². The molecule has 1 heterocycles. The molecule has 1 atom stereocenters. The Labute approximate surface area is 158 Å². The van der Waals surface area contributed by atoms with Crippen LogP contribution in [-0.4, -0.2) is 25.6 Å². The maximum Gasteiger partial charge on any atom is 0.307 e. The van der Waals surface area contributed by atoms with Gasteiger partial charge in [0, 0.05) is 4.88 Å². The predicted molar refractivity (Wildman–Crippen MR) is 103 cm³/mol. The van der Waals surface area contributed by atoms with Crippen LogP contribution < -0.4 is 10.1 Å². The summed E-state index contributed by atoms with van der Waals surface area (Å²) in [6, 6.07) is 9.35. The SMILES string of the molecule is COC(=O)CC(NC(=O)COc1cc(C)ccc1C(C)C)c1cccs1. The summed E-state index contributed by atoms with van der Waals surface area (Å²) in [6.07, 6.45) is 0.0877. The van der Waals surface area contributed by atoms with Gasteiger partial charge in [0.25, 0.3) is 5.91 Å². The number of carbonyl (C=O) groups is 2. The van der Waals surface area contributed by atoms with Crippen LogP contribution in [0.1, 0.15) is 48.2 Å². The van der Waals surface area contributed by atoms with E-state index in [2.05, 4.69) is 19.2 Å². The van der Waals surface area contributed by atoms with Crippen molar-refractivity contribution < 1.29 is 19.1 Å². The van der Waals surface area contributed by atoms with Gasteiger partial charge in [0.05, 0.1) is 19.6 Å². The Hall–Kier alpha value is -2.34. The molecule has 0 aliphatic carbocycles. The monoisotopic (exact) mass is 375 g/mol. The highest BCUT2D eigenvalue weighted by Crippen LogP contribution is 2.27. The maximum absolute atomic E-state index is 12.4. The highest BCUT2D eigenvalue weighted by atomic mass is 32.1. The van der Waals surface area contributed by atoms with Gasteiger partial charge < -0.3 is 14.8 Å². The van der Waals surface area contributed by atoms with E-state index in [1.54, 1.807) is 0 Å². The van der Waals surface area contributed by atoms with Crippen molar-refractivity contribution >= 4 is 23.2 Å². The molecule has 1 amide bonds. The number of thiophene rings is 1. The second-order valence-electron chi connectivity index (χ2n) is 6.40. The van der Waals surface area contributed by atoms with Gasteiger partial charge in [-0.25, -0.2) is 0 Å². The molecule has 0 spiro atoms. The molecule has 1 aromatic heterocycles. The zero-order valence-electron chi connectivity index (χ0n) is 15.6. The molecule has 26 heavy (non-hydrogen) atoms. The van der Waals surface area contributed by atoms with Crippen molar-refractivity contribution in [2.24, 2.45) is 0 Å².